The predicted molar refractivity (Wildman–Crippen MR) is 54.0 cm³/mol. The Labute approximate surface area is 90.7 Å². The number of nitrogens with zero attached hydrogens (tertiary/aromatic N) is 3. The van der Waals surface area contributed by atoms with Crippen molar-refractivity contribution in [3.8, 4) is 0 Å². The highest BCUT2D eigenvalue weighted by molar-refractivity contribution is 5.85. The number of nitrogens with one attached hydrogen (secondary N) is 1. The highest BCUT2D eigenvalue weighted by Crippen LogP contribution is 2.08. The zero-order valence-electron chi connectivity index (χ0n) is 8.54. The zero-order valence-corrected chi connectivity index (χ0v) is 8.54. The maximum atomic E-state index is 10.5. The predicted octanol–water partition coefficient (Wildman–Crippen LogP) is 0.718. The second-order valence-electron chi connectivity index (χ2n) is 3.18. The quantitative estimate of drug-likeness (QED) is 0.791. The van der Waals surface area contributed by atoms with Gasteiger partial charge in [0.1, 0.15) is 6.26 Å². The molecule has 2 N–H and O–H groups in total. The second-order valence-corrected chi connectivity index (χ2v) is 3.18. The third-order valence-corrected chi connectivity index (χ3v) is 1.91. The molecule has 2 heterocycles. The van der Waals surface area contributed by atoms with Crippen LogP contribution in [-0.4, -0.2) is 25.8 Å². The SMILES string of the molecule is Cn1ccc(CNc2nc(C(=O)O)co2)n1. The summed E-state index contributed by atoms with van der Waals surface area (Å²) in [5.74, 6) is -1.12. The number of anilines is 1. The van der Waals surface area contributed by atoms with Gasteiger partial charge < -0.3 is 14.8 Å². The Morgan fingerprint density at radius 1 is 1.69 bits per heavy atom. The van der Waals surface area contributed by atoms with E-state index in [1.54, 1.807) is 4.68 Å². The lowest BCUT2D eigenvalue weighted by Gasteiger charge is -1.96. The van der Waals surface area contributed by atoms with Gasteiger partial charge in [0.15, 0.2) is 5.69 Å². The first kappa shape index (κ1) is 10.2. The van der Waals surface area contributed by atoms with Gasteiger partial charge in [0.05, 0.1) is 12.2 Å². The average molecular weight is 222 g/mol. The Morgan fingerprint density at radius 2 is 2.50 bits per heavy atom. The smallest absolute Gasteiger partial charge is 0.357 e. The van der Waals surface area contributed by atoms with Crippen molar-refractivity contribution in [2.24, 2.45) is 7.05 Å². The van der Waals surface area contributed by atoms with Crippen molar-refractivity contribution >= 4 is 12.0 Å². The zero-order chi connectivity index (χ0) is 11.5. The van der Waals surface area contributed by atoms with Crippen LogP contribution < -0.4 is 5.32 Å². The molecule has 0 aromatic carbocycles. The second kappa shape index (κ2) is 4.05. The van der Waals surface area contributed by atoms with Gasteiger partial charge in [-0.3, -0.25) is 4.68 Å². The van der Waals surface area contributed by atoms with E-state index in [0.29, 0.717) is 6.54 Å². The van der Waals surface area contributed by atoms with E-state index in [2.05, 4.69) is 15.4 Å². The van der Waals surface area contributed by atoms with E-state index < -0.39 is 5.97 Å². The molecule has 0 saturated carbocycles. The molecule has 84 valence electrons. The Balaban J connectivity index is 1.97. The summed E-state index contributed by atoms with van der Waals surface area (Å²) < 4.78 is 6.59. The fraction of sp³-hybridized carbons (Fsp3) is 0.222. The van der Waals surface area contributed by atoms with Gasteiger partial charge in [0, 0.05) is 13.2 Å². The summed E-state index contributed by atoms with van der Waals surface area (Å²) in [6, 6.07) is 2.01. The molecule has 0 radical (unpaired) electrons. The molecule has 0 amide bonds. The van der Waals surface area contributed by atoms with Crippen LogP contribution in [0.5, 0.6) is 0 Å². The fourth-order valence-electron chi connectivity index (χ4n) is 1.18. The third kappa shape index (κ3) is 2.19. The summed E-state index contributed by atoms with van der Waals surface area (Å²) in [6.45, 7) is 0.431. The molecule has 2 rings (SSSR count). The lowest BCUT2D eigenvalue weighted by atomic mass is 10.4. The van der Waals surface area contributed by atoms with Crippen LogP contribution in [-0.2, 0) is 13.6 Å². The van der Waals surface area contributed by atoms with Crippen LogP contribution in [0.25, 0.3) is 0 Å². The van der Waals surface area contributed by atoms with Crippen LogP contribution in [0.4, 0.5) is 6.01 Å². The molecule has 7 nitrogen and oxygen atoms in total. The Kier molecular flexibility index (Phi) is 2.59. The summed E-state index contributed by atoms with van der Waals surface area (Å²) in [5, 5.41) is 15.6. The molecule has 2 aromatic heterocycles. The largest absolute Gasteiger partial charge is 0.476 e. The van der Waals surface area contributed by atoms with E-state index in [9.17, 15) is 4.79 Å². The monoisotopic (exact) mass is 222 g/mol. The molecule has 0 unspecified atom stereocenters. The number of carboxylic acids is 1. The van der Waals surface area contributed by atoms with E-state index in [4.69, 9.17) is 9.52 Å². The van der Waals surface area contributed by atoms with Crippen LogP contribution >= 0.6 is 0 Å². The molecule has 0 bridgehead atoms. The van der Waals surface area contributed by atoms with Crippen molar-refractivity contribution in [2.45, 2.75) is 6.54 Å². The number of carboxylic acid groups (broad SMARTS) is 1. The number of aromatic carboxylic acids is 1. The summed E-state index contributed by atoms with van der Waals surface area (Å²) in [6.07, 6.45) is 2.90. The summed E-state index contributed by atoms with van der Waals surface area (Å²) >= 11 is 0. The van der Waals surface area contributed by atoms with E-state index in [0.717, 1.165) is 12.0 Å². The average Bonchev–Trinajstić information content (AvgIpc) is 2.83. The Morgan fingerprint density at radius 3 is 3.06 bits per heavy atom. The van der Waals surface area contributed by atoms with Gasteiger partial charge in [-0.15, -0.1) is 0 Å². The lowest BCUT2D eigenvalue weighted by molar-refractivity contribution is 0.0690. The molecular weight excluding hydrogens is 212 g/mol. The van der Waals surface area contributed by atoms with Crippen molar-refractivity contribution in [2.75, 3.05) is 5.32 Å². The molecule has 0 fully saturated rings. The molecular formula is C9H10N4O3. The van der Waals surface area contributed by atoms with Crippen molar-refractivity contribution in [3.05, 3.63) is 29.9 Å². The number of aryl methyl sites for hydroxylation is 1. The lowest BCUT2D eigenvalue weighted by Crippen LogP contribution is -2.02. The minimum absolute atomic E-state index is 0.122. The van der Waals surface area contributed by atoms with Gasteiger partial charge in [-0.2, -0.15) is 10.1 Å². The van der Waals surface area contributed by atoms with Crippen LogP contribution in [0.1, 0.15) is 16.2 Å². The molecule has 16 heavy (non-hydrogen) atoms. The van der Waals surface area contributed by atoms with Gasteiger partial charge in [0.2, 0.25) is 0 Å². The minimum atomic E-state index is -1.12. The van der Waals surface area contributed by atoms with Gasteiger partial charge in [-0.05, 0) is 6.07 Å². The van der Waals surface area contributed by atoms with E-state index in [-0.39, 0.29) is 11.7 Å². The van der Waals surface area contributed by atoms with Crippen LogP contribution in [0.2, 0.25) is 0 Å². The number of carbonyl (C=O) groups is 1. The number of hydrogen-bond donors (Lipinski definition) is 2. The minimum Gasteiger partial charge on any atom is -0.476 e. The molecule has 0 aliphatic rings. The van der Waals surface area contributed by atoms with E-state index in [1.807, 2.05) is 19.3 Å². The first-order valence-electron chi connectivity index (χ1n) is 4.56. The molecule has 0 aliphatic carbocycles. The number of hydrogen-bond acceptors (Lipinski definition) is 5. The maximum absolute atomic E-state index is 10.5. The molecule has 0 aliphatic heterocycles. The fourth-order valence-corrected chi connectivity index (χ4v) is 1.18. The van der Waals surface area contributed by atoms with Crippen molar-refractivity contribution < 1.29 is 14.3 Å². The summed E-state index contributed by atoms with van der Waals surface area (Å²) in [4.78, 5) is 14.2. The van der Waals surface area contributed by atoms with Gasteiger partial charge >= 0.3 is 5.97 Å². The number of rotatable bonds is 4. The first-order valence-corrected chi connectivity index (χ1v) is 4.56. The van der Waals surface area contributed by atoms with Gasteiger partial charge in [-0.1, -0.05) is 0 Å². The van der Waals surface area contributed by atoms with Crippen LogP contribution in [0, 0.1) is 0 Å². The molecule has 2 aromatic rings. The first-order chi connectivity index (χ1) is 7.65. The topological polar surface area (TPSA) is 93.2 Å². The van der Waals surface area contributed by atoms with Gasteiger partial charge in [0.25, 0.3) is 6.01 Å². The van der Waals surface area contributed by atoms with Crippen molar-refractivity contribution in [1.29, 1.82) is 0 Å². The van der Waals surface area contributed by atoms with Crippen LogP contribution in [0.3, 0.4) is 0 Å². The maximum Gasteiger partial charge on any atom is 0.357 e. The molecule has 0 atom stereocenters. The standard InChI is InChI=1S/C9H10N4O3/c1-13-3-2-6(12-13)4-10-9-11-7(5-16-9)8(14)15/h2-3,5H,4H2,1H3,(H,10,11)(H,14,15). The Hall–Kier alpha value is -2.31. The highest BCUT2D eigenvalue weighted by Gasteiger charge is 2.09. The molecule has 7 heteroatoms. The third-order valence-electron chi connectivity index (χ3n) is 1.91. The summed E-state index contributed by atoms with van der Waals surface area (Å²) in [7, 11) is 1.82. The molecule has 0 spiro atoms. The van der Waals surface area contributed by atoms with E-state index in [1.165, 1.54) is 0 Å². The highest BCUT2D eigenvalue weighted by atomic mass is 16.4. The van der Waals surface area contributed by atoms with Gasteiger partial charge in [-0.25, -0.2) is 4.79 Å². The van der Waals surface area contributed by atoms with Crippen molar-refractivity contribution in [3.63, 3.8) is 0 Å². The van der Waals surface area contributed by atoms with E-state index >= 15 is 0 Å². The molecule has 0 saturated heterocycles. The van der Waals surface area contributed by atoms with Crippen molar-refractivity contribution in [1.82, 2.24) is 14.8 Å². The normalized spacial score (nSPS) is 10.3. The number of aromatic nitrogens is 3. The summed E-state index contributed by atoms with van der Waals surface area (Å²) in [5.41, 5.74) is 0.695. The number of oxazole rings is 1. The Bertz CT molecular complexity index is 502. The van der Waals surface area contributed by atoms with Crippen LogP contribution in [0.15, 0.2) is 22.9 Å².